The Morgan fingerprint density at radius 3 is 2.53 bits per heavy atom. The van der Waals surface area contributed by atoms with Gasteiger partial charge in [0.15, 0.2) is 9.84 Å². The van der Waals surface area contributed by atoms with Gasteiger partial charge in [-0.1, -0.05) is 6.92 Å². The molecule has 0 aromatic heterocycles. The molecule has 0 aliphatic heterocycles. The van der Waals surface area contributed by atoms with E-state index in [0.29, 0.717) is 5.92 Å². The van der Waals surface area contributed by atoms with Gasteiger partial charge in [-0.15, -0.1) is 0 Å². The summed E-state index contributed by atoms with van der Waals surface area (Å²) >= 11 is 0. The van der Waals surface area contributed by atoms with E-state index in [4.69, 9.17) is 0 Å². The topological polar surface area (TPSA) is 75.3 Å². The summed E-state index contributed by atoms with van der Waals surface area (Å²) in [5, 5.41) is 5.61. The van der Waals surface area contributed by atoms with Crippen LogP contribution >= 0.6 is 0 Å². The fourth-order valence-corrected chi connectivity index (χ4v) is 3.39. The summed E-state index contributed by atoms with van der Waals surface area (Å²) in [7, 11) is -1.85. The first-order valence-electron chi connectivity index (χ1n) is 6.13. The van der Waals surface area contributed by atoms with Crippen LogP contribution in [0.2, 0.25) is 0 Å². The highest BCUT2D eigenvalue weighted by Crippen LogP contribution is 2.33. The molecule has 1 aliphatic rings. The highest BCUT2D eigenvalue weighted by molar-refractivity contribution is 7.92. The van der Waals surface area contributed by atoms with Crippen LogP contribution in [0.15, 0.2) is 0 Å². The second-order valence-electron chi connectivity index (χ2n) is 4.63. The zero-order chi connectivity index (χ0) is 12.9. The summed E-state index contributed by atoms with van der Waals surface area (Å²) in [5.41, 5.74) is 0. The van der Waals surface area contributed by atoms with Gasteiger partial charge in [-0.05, 0) is 31.7 Å². The second kappa shape index (κ2) is 6.35. The van der Waals surface area contributed by atoms with Gasteiger partial charge in [0.1, 0.15) is 5.75 Å². The lowest BCUT2D eigenvalue weighted by atomic mass is 10.2. The molecule has 0 aromatic carbocycles. The zero-order valence-electron chi connectivity index (χ0n) is 10.5. The van der Waals surface area contributed by atoms with Crippen LogP contribution < -0.4 is 10.6 Å². The van der Waals surface area contributed by atoms with Gasteiger partial charge in [0.25, 0.3) is 0 Å². The molecule has 100 valence electrons. The molecule has 1 amide bonds. The third kappa shape index (κ3) is 5.50. The highest BCUT2D eigenvalue weighted by atomic mass is 32.2. The smallest absolute Gasteiger partial charge is 0.234 e. The van der Waals surface area contributed by atoms with Gasteiger partial charge in [-0.25, -0.2) is 8.42 Å². The Bertz CT molecular complexity index is 350. The van der Waals surface area contributed by atoms with Crippen molar-refractivity contribution in [2.75, 3.05) is 25.1 Å². The molecule has 0 aromatic rings. The summed E-state index contributed by atoms with van der Waals surface area (Å²) in [6, 6.07) is 0.0182. The standard InChI is InChI=1S/C11H22N2O3S/c1-3-6-13-10(9-4-5-9)7-17(15,16)8-11(14)12-2/h9-10,13H,3-8H2,1-2H3,(H,12,14). The molecule has 1 fully saturated rings. The molecule has 1 unspecified atom stereocenters. The number of nitrogens with one attached hydrogen (secondary N) is 2. The highest BCUT2D eigenvalue weighted by Gasteiger charge is 2.34. The minimum Gasteiger partial charge on any atom is -0.358 e. The third-order valence-electron chi connectivity index (χ3n) is 2.91. The van der Waals surface area contributed by atoms with Gasteiger partial charge in [-0.3, -0.25) is 4.79 Å². The van der Waals surface area contributed by atoms with Crippen molar-refractivity contribution in [3.63, 3.8) is 0 Å². The van der Waals surface area contributed by atoms with Gasteiger partial charge >= 0.3 is 0 Å². The Morgan fingerprint density at radius 1 is 1.41 bits per heavy atom. The van der Waals surface area contributed by atoms with Crippen molar-refractivity contribution in [3.05, 3.63) is 0 Å². The number of hydrogen-bond acceptors (Lipinski definition) is 4. The zero-order valence-corrected chi connectivity index (χ0v) is 11.3. The van der Waals surface area contributed by atoms with Crippen molar-refractivity contribution in [2.24, 2.45) is 5.92 Å². The maximum absolute atomic E-state index is 11.8. The molecule has 1 saturated carbocycles. The van der Waals surface area contributed by atoms with Crippen molar-refractivity contribution in [2.45, 2.75) is 32.2 Å². The van der Waals surface area contributed by atoms with E-state index in [2.05, 4.69) is 17.6 Å². The van der Waals surface area contributed by atoms with Gasteiger partial charge in [0, 0.05) is 13.1 Å². The van der Waals surface area contributed by atoms with E-state index in [-0.39, 0.29) is 11.8 Å². The predicted molar refractivity (Wildman–Crippen MR) is 67.5 cm³/mol. The van der Waals surface area contributed by atoms with Crippen LogP contribution in [0.1, 0.15) is 26.2 Å². The average Bonchev–Trinajstić information content (AvgIpc) is 3.07. The lowest BCUT2D eigenvalue weighted by Crippen LogP contribution is -2.40. The summed E-state index contributed by atoms with van der Waals surface area (Å²) in [5.74, 6) is -0.290. The van der Waals surface area contributed by atoms with Crippen LogP contribution in [0.4, 0.5) is 0 Å². The Labute approximate surface area is 103 Å². The summed E-state index contributed by atoms with van der Waals surface area (Å²) in [6.45, 7) is 2.88. The minimum atomic E-state index is -3.30. The van der Waals surface area contributed by atoms with E-state index < -0.39 is 21.5 Å². The Kier molecular flexibility index (Phi) is 5.39. The molecule has 0 spiro atoms. The van der Waals surface area contributed by atoms with Gasteiger partial charge in [0.05, 0.1) is 5.75 Å². The molecule has 6 heteroatoms. The van der Waals surface area contributed by atoms with Gasteiger partial charge in [0.2, 0.25) is 5.91 Å². The lowest BCUT2D eigenvalue weighted by molar-refractivity contribution is -0.118. The first kappa shape index (κ1) is 14.4. The minimum absolute atomic E-state index is 0.0182. The average molecular weight is 262 g/mol. The van der Waals surface area contributed by atoms with E-state index in [0.717, 1.165) is 25.8 Å². The number of hydrogen-bond donors (Lipinski definition) is 2. The molecule has 1 aliphatic carbocycles. The number of rotatable bonds is 8. The molecule has 17 heavy (non-hydrogen) atoms. The van der Waals surface area contributed by atoms with Crippen molar-refractivity contribution in [1.82, 2.24) is 10.6 Å². The van der Waals surface area contributed by atoms with Crippen molar-refractivity contribution in [3.8, 4) is 0 Å². The quantitative estimate of drug-likeness (QED) is 0.642. The molecule has 1 atom stereocenters. The normalized spacial score (nSPS) is 17.8. The van der Waals surface area contributed by atoms with E-state index in [1.807, 2.05) is 0 Å². The van der Waals surface area contributed by atoms with Crippen LogP contribution in [0, 0.1) is 5.92 Å². The molecule has 1 rings (SSSR count). The molecule has 0 radical (unpaired) electrons. The number of amides is 1. The molecule has 2 N–H and O–H groups in total. The largest absolute Gasteiger partial charge is 0.358 e. The molecule has 5 nitrogen and oxygen atoms in total. The van der Waals surface area contributed by atoms with Crippen LogP contribution in [0.5, 0.6) is 0 Å². The lowest BCUT2D eigenvalue weighted by Gasteiger charge is -2.17. The maximum Gasteiger partial charge on any atom is 0.234 e. The molecular formula is C11H22N2O3S. The van der Waals surface area contributed by atoms with Crippen molar-refractivity contribution < 1.29 is 13.2 Å². The first-order chi connectivity index (χ1) is 7.98. The van der Waals surface area contributed by atoms with Crippen molar-refractivity contribution >= 4 is 15.7 Å². The Morgan fingerprint density at radius 2 is 2.06 bits per heavy atom. The van der Waals surface area contributed by atoms with E-state index in [1.54, 1.807) is 0 Å². The summed E-state index contributed by atoms with van der Waals surface area (Å²) < 4.78 is 23.6. The van der Waals surface area contributed by atoms with Crippen molar-refractivity contribution in [1.29, 1.82) is 0 Å². The Hall–Kier alpha value is -0.620. The van der Waals surface area contributed by atoms with E-state index in [1.165, 1.54) is 7.05 Å². The van der Waals surface area contributed by atoms with Crippen LogP contribution in [-0.4, -0.2) is 45.5 Å². The third-order valence-corrected chi connectivity index (χ3v) is 4.48. The SMILES string of the molecule is CCCNC(CS(=O)(=O)CC(=O)NC)C1CC1. The monoisotopic (exact) mass is 262 g/mol. The number of carbonyl (C=O) groups is 1. The molecule has 0 bridgehead atoms. The van der Waals surface area contributed by atoms with Gasteiger partial charge in [-0.2, -0.15) is 0 Å². The summed E-state index contributed by atoms with van der Waals surface area (Å²) in [4.78, 5) is 11.1. The summed E-state index contributed by atoms with van der Waals surface area (Å²) in [6.07, 6.45) is 3.17. The number of carbonyl (C=O) groups excluding carboxylic acids is 1. The fourth-order valence-electron chi connectivity index (χ4n) is 1.79. The second-order valence-corrected chi connectivity index (χ2v) is 6.73. The van der Waals surface area contributed by atoms with Crippen LogP contribution in [-0.2, 0) is 14.6 Å². The first-order valence-corrected chi connectivity index (χ1v) is 7.95. The van der Waals surface area contributed by atoms with Crippen LogP contribution in [0.25, 0.3) is 0 Å². The Balaban J connectivity index is 2.50. The molecule has 0 saturated heterocycles. The van der Waals surface area contributed by atoms with E-state index >= 15 is 0 Å². The molecule has 0 heterocycles. The fraction of sp³-hybridized carbons (Fsp3) is 0.909. The predicted octanol–water partition coefficient (Wildman–Crippen LogP) is -0.0746. The maximum atomic E-state index is 11.8. The molecular weight excluding hydrogens is 240 g/mol. The van der Waals surface area contributed by atoms with E-state index in [9.17, 15) is 13.2 Å². The number of sulfone groups is 1. The van der Waals surface area contributed by atoms with Gasteiger partial charge < -0.3 is 10.6 Å². The van der Waals surface area contributed by atoms with Crippen LogP contribution in [0.3, 0.4) is 0 Å².